The Labute approximate surface area is 62.4 Å². The predicted octanol–water partition coefficient (Wildman–Crippen LogP) is -0.679. The zero-order chi connectivity index (χ0) is 8.69. The van der Waals surface area contributed by atoms with Gasteiger partial charge in [0.15, 0.2) is 6.61 Å². The number of ether oxygens (including phenoxy) is 1. The molecule has 60 valence electrons. The molecule has 0 heterocycles. The van der Waals surface area contributed by atoms with Gasteiger partial charge in [-0.25, -0.2) is 4.79 Å². The largest absolute Gasteiger partial charge is 0.480 e. The zero-order valence-corrected chi connectivity index (χ0v) is 5.53. The molecule has 0 rings (SSSR count). The summed E-state index contributed by atoms with van der Waals surface area (Å²) in [5, 5.41) is 17.9. The van der Waals surface area contributed by atoms with E-state index < -0.39 is 18.6 Å². The minimum absolute atomic E-state index is 0.383. The third kappa shape index (κ3) is 6.11. The number of carboxylic acids is 1. The van der Waals surface area contributed by atoms with Gasteiger partial charge in [0.05, 0.1) is 0 Å². The molecule has 0 spiro atoms. The molecule has 1 amide bonds. The summed E-state index contributed by atoms with van der Waals surface area (Å²) < 4.78 is 4.17. The molecule has 0 unspecified atom stereocenters. The number of alkyl carbamates (subject to hydrolysis) is 1. The second-order valence-electron chi connectivity index (χ2n) is 1.48. The van der Waals surface area contributed by atoms with Crippen LogP contribution in [0.1, 0.15) is 0 Å². The average Bonchev–Trinajstić information content (AvgIpc) is 1.97. The number of rotatable bonds is 3. The Balaban J connectivity index is 3.39. The zero-order valence-electron chi connectivity index (χ0n) is 5.53. The summed E-state index contributed by atoms with van der Waals surface area (Å²) in [6, 6.07) is 1.56. The van der Waals surface area contributed by atoms with Gasteiger partial charge < -0.3 is 15.2 Å². The number of aliphatic carboxylic acids is 1. The molecule has 0 radical (unpaired) electrons. The van der Waals surface area contributed by atoms with Gasteiger partial charge in [-0.05, 0) is 0 Å². The van der Waals surface area contributed by atoms with Crippen molar-refractivity contribution < 1.29 is 19.4 Å². The normalized spacial score (nSPS) is 7.91. The van der Waals surface area contributed by atoms with E-state index in [4.69, 9.17) is 10.4 Å². The summed E-state index contributed by atoms with van der Waals surface area (Å²) in [4.78, 5) is 20.2. The maximum atomic E-state index is 10.4. The Kier molecular flexibility index (Phi) is 4.24. The van der Waals surface area contributed by atoms with Gasteiger partial charge in [0.2, 0.25) is 0 Å². The number of nitrogens with one attached hydrogen (secondary N) is 1. The molecule has 0 atom stereocenters. The van der Waals surface area contributed by atoms with E-state index in [0.29, 0.717) is 0 Å². The summed E-state index contributed by atoms with van der Waals surface area (Å²) in [6.45, 7) is -0.893. The molecule has 0 aromatic rings. The lowest BCUT2D eigenvalue weighted by molar-refractivity contribution is -0.135. The molecule has 6 heteroatoms. The van der Waals surface area contributed by atoms with Gasteiger partial charge in [0.25, 0.3) is 0 Å². The molecule has 0 aliphatic carbocycles. The summed E-state index contributed by atoms with van der Waals surface area (Å²) >= 11 is 0. The molecule has 0 aromatic heterocycles. The summed E-state index contributed by atoms with van der Waals surface area (Å²) in [7, 11) is 0. The van der Waals surface area contributed by atoms with Crippen LogP contribution in [0.3, 0.4) is 0 Å². The van der Waals surface area contributed by atoms with Crippen molar-refractivity contribution in [2.45, 2.75) is 0 Å². The quantitative estimate of drug-likeness (QED) is 0.566. The first-order valence-electron chi connectivity index (χ1n) is 2.66. The van der Waals surface area contributed by atoms with Gasteiger partial charge in [-0.3, -0.25) is 4.79 Å². The summed E-state index contributed by atoms with van der Waals surface area (Å²) in [5.41, 5.74) is 0. The predicted molar refractivity (Wildman–Crippen MR) is 32.6 cm³/mol. The van der Waals surface area contributed by atoms with Crippen LogP contribution < -0.4 is 5.32 Å². The number of amides is 1. The Morgan fingerprint density at radius 3 is 2.73 bits per heavy atom. The lowest BCUT2D eigenvalue weighted by Crippen LogP contribution is -2.29. The van der Waals surface area contributed by atoms with Crippen molar-refractivity contribution >= 4 is 12.1 Å². The Bertz CT molecular complexity index is 195. The number of carboxylic acid groups (broad SMARTS) is 1. The van der Waals surface area contributed by atoms with Gasteiger partial charge in [-0.1, -0.05) is 0 Å². The van der Waals surface area contributed by atoms with E-state index in [-0.39, 0.29) is 6.61 Å². The first-order valence-corrected chi connectivity index (χ1v) is 2.66. The lowest BCUT2D eigenvalue weighted by atomic mass is 10.7. The Morgan fingerprint density at radius 2 is 2.27 bits per heavy atom. The van der Waals surface area contributed by atoms with Crippen LogP contribution in [0.15, 0.2) is 0 Å². The fourth-order valence-corrected chi connectivity index (χ4v) is 0.297. The summed E-state index contributed by atoms with van der Waals surface area (Å²) in [5.74, 6) is -1.17. The van der Waals surface area contributed by atoms with Crippen LogP contribution in [0.4, 0.5) is 4.79 Å². The minimum Gasteiger partial charge on any atom is -0.480 e. The highest BCUT2D eigenvalue weighted by atomic mass is 16.5. The van der Waals surface area contributed by atoms with Crippen molar-refractivity contribution in [2.75, 3.05) is 13.2 Å². The monoisotopic (exact) mass is 158 g/mol. The molecular formula is C5H6N2O4. The molecule has 11 heavy (non-hydrogen) atoms. The number of nitriles is 1. The fraction of sp³-hybridized carbons (Fsp3) is 0.400. The molecule has 6 nitrogen and oxygen atoms in total. The smallest absolute Gasteiger partial charge is 0.408 e. The van der Waals surface area contributed by atoms with Crippen LogP contribution in [0, 0.1) is 11.3 Å². The van der Waals surface area contributed by atoms with Gasteiger partial charge in [0, 0.05) is 0 Å². The van der Waals surface area contributed by atoms with Gasteiger partial charge in [-0.15, -0.1) is 0 Å². The molecule has 2 N–H and O–H groups in total. The standard InChI is InChI=1S/C5H6N2O4/c6-1-2-11-5(10)7-3-4(8)9/h2-3H2,(H,7,10)(H,8,9). The van der Waals surface area contributed by atoms with Crippen molar-refractivity contribution in [1.82, 2.24) is 5.32 Å². The van der Waals surface area contributed by atoms with E-state index in [2.05, 4.69) is 4.74 Å². The maximum Gasteiger partial charge on any atom is 0.408 e. The highest BCUT2D eigenvalue weighted by molar-refractivity contribution is 5.76. The molecule has 0 aliphatic rings. The van der Waals surface area contributed by atoms with E-state index in [1.54, 1.807) is 6.07 Å². The van der Waals surface area contributed by atoms with Gasteiger partial charge in [-0.2, -0.15) is 5.26 Å². The van der Waals surface area contributed by atoms with Crippen molar-refractivity contribution in [2.24, 2.45) is 0 Å². The van der Waals surface area contributed by atoms with Crippen LogP contribution >= 0.6 is 0 Å². The third-order valence-corrected chi connectivity index (χ3v) is 0.652. The van der Waals surface area contributed by atoms with Crippen molar-refractivity contribution in [1.29, 1.82) is 5.26 Å². The van der Waals surface area contributed by atoms with Crippen molar-refractivity contribution in [3.63, 3.8) is 0 Å². The molecule has 0 saturated carbocycles. The molecule has 0 aliphatic heterocycles. The first kappa shape index (κ1) is 9.23. The highest BCUT2D eigenvalue weighted by Gasteiger charge is 2.02. The molecular weight excluding hydrogens is 152 g/mol. The van der Waals surface area contributed by atoms with E-state index >= 15 is 0 Å². The maximum absolute atomic E-state index is 10.4. The first-order chi connectivity index (χ1) is 5.16. The van der Waals surface area contributed by atoms with Crippen LogP contribution in [-0.4, -0.2) is 30.3 Å². The topological polar surface area (TPSA) is 99.4 Å². The minimum atomic E-state index is -1.17. The van der Waals surface area contributed by atoms with Crippen LogP contribution in [-0.2, 0) is 9.53 Å². The SMILES string of the molecule is N#CCOC(=O)NCC(=O)O. The van der Waals surface area contributed by atoms with Crippen molar-refractivity contribution in [3.8, 4) is 6.07 Å². The number of hydrogen-bond acceptors (Lipinski definition) is 4. The lowest BCUT2D eigenvalue weighted by Gasteiger charge is -1.99. The molecule has 0 saturated heterocycles. The molecule has 0 aromatic carbocycles. The number of nitrogens with zero attached hydrogens (tertiary/aromatic N) is 1. The summed E-state index contributed by atoms with van der Waals surface area (Å²) in [6.07, 6.45) is -0.908. The second kappa shape index (κ2) is 5.05. The Morgan fingerprint density at radius 1 is 1.64 bits per heavy atom. The highest BCUT2D eigenvalue weighted by Crippen LogP contribution is 1.74. The van der Waals surface area contributed by atoms with Gasteiger partial charge in [0.1, 0.15) is 12.6 Å². The van der Waals surface area contributed by atoms with E-state index in [9.17, 15) is 9.59 Å². The number of carbonyl (C=O) groups excluding carboxylic acids is 1. The average molecular weight is 158 g/mol. The molecule has 0 fully saturated rings. The Hall–Kier alpha value is -1.77. The van der Waals surface area contributed by atoms with Crippen molar-refractivity contribution in [3.05, 3.63) is 0 Å². The van der Waals surface area contributed by atoms with Crippen LogP contribution in [0.25, 0.3) is 0 Å². The van der Waals surface area contributed by atoms with E-state index in [0.717, 1.165) is 0 Å². The fourth-order valence-electron chi connectivity index (χ4n) is 0.297. The van der Waals surface area contributed by atoms with Gasteiger partial charge >= 0.3 is 12.1 Å². The number of hydrogen-bond donors (Lipinski definition) is 2. The van der Waals surface area contributed by atoms with E-state index in [1.165, 1.54) is 0 Å². The van der Waals surface area contributed by atoms with Crippen LogP contribution in [0.2, 0.25) is 0 Å². The van der Waals surface area contributed by atoms with Crippen LogP contribution in [0.5, 0.6) is 0 Å². The second-order valence-corrected chi connectivity index (χ2v) is 1.48. The van der Waals surface area contributed by atoms with E-state index in [1.807, 2.05) is 5.32 Å². The molecule has 0 bridgehead atoms. The number of carbonyl (C=O) groups is 2. The third-order valence-electron chi connectivity index (χ3n) is 0.652.